The highest BCUT2D eigenvalue weighted by molar-refractivity contribution is 5.17. The van der Waals surface area contributed by atoms with Crippen LogP contribution in [-0.4, -0.2) is 17.8 Å². The average molecular weight is 237 g/mol. The molecular weight excluding hydrogens is 214 g/mol. The molecule has 0 amide bonds. The van der Waals surface area contributed by atoms with E-state index in [0.717, 1.165) is 12.0 Å². The van der Waals surface area contributed by atoms with E-state index in [0.29, 0.717) is 12.0 Å². The summed E-state index contributed by atoms with van der Waals surface area (Å²) in [5.41, 5.74) is 3.83. The fourth-order valence-electron chi connectivity index (χ4n) is 1.80. The SMILES string of the molecule is CC(C)C[C@H](C)NOC[C@@H](O)c1ccccc1. The first-order valence-electron chi connectivity index (χ1n) is 6.20. The van der Waals surface area contributed by atoms with Crippen LogP contribution in [0.5, 0.6) is 0 Å². The van der Waals surface area contributed by atoms with E-state index in [-0.39, 0.29) is 6.61 Å². The molecule has 1 aromatic carbocycles. The second-order valence-corrected chi connectivity index (χ2v) is 4.89. The number of hydroxylamine groups is 1. The van der Waals surface area contributed by atoms with Crippen molar-refractivity contribution in [3.8, 4) is 0 Å². The van der Waals surface area contributed by atoms with Gasteiger partial charge in [-0.1, -0.05) is 44.2 Å². The van der Waals surface area contributed by atoms with E-state index in [2.05, 4.69) is 26.3 Å². The van der Waals surface area contributed by atoms with Gasteiger partial charge in [-0.25, -0.2) is 0 Å². The van der Waals surface area contributed by atoms with Gasteiger partial charge in [-0.15, -0.1) is 0 Å². The van der Waals surface area contributed by atoms with Crippen LogP contribution in [0.2, 0.25) is 0 Å². The monoisotopic (exact) mass is 237 g/mol. The Morgan fingerprint density at radius 2 is 1.82 bits per heavy atom. The fourth-order valence-corrected chi connectivity index (χ4v) is 1.80. The molecule has 2 N–H and O–H groups in total. The first-order valence-corrected chi connectivity index (χ1v) is 6.20. The topological polar surface area (TPSA) is 41.5 Å². The molecule has 0 saturated carbocycles. The van der Waals surface area contributed by atoms with Crippen molar-refractivity contribution in [1.82, 2.24) is 5.48 Å². The summed E-state index contributed by atoms with van der Waals surface area (Å²) in [6, 6.07) is 9.84. The van der Waals surface area contributed by atoms with Gasteiger partial charge in [0.25, 0.3) is 0 Å². The van der Waals surface area contributed by atoms with Crippen molar-refractivity contribution in [2.75, 3.05) is 6.61 Å². The van der Waals surface area contributed by atoms with E-state index in [1.54, 1.807) is 0 Å². The van der Waals surface area contributed by atoms with Gasteiger partial charge < -0.3 is 5.11 Å². The van der Waals surface area contributed by atoms with Crippen LogP contribution >= 0.6 is 0 Å². The van der Waals surface area contributed by atoms with Crippen molar-refractivity contribution in [2.24, 2.45) is 5.92 Å². The normalized spacial score (nSPS) is 14.9. The quantitative estimate of drug-likeness (QED) is 0.716. The van der Waals surface area contributed by atoms with Crippen molar-refractivity contribution >= 4 is 0 Å². The van der Waals surface area contributed by atoms with Gasteiger partial charge in [-0.05, 0) is 24.8 Å². The molecule has 3 heteroatoms. The maximum absolute atomic E-state index is 9.85. The molecule has 1 aromatic rings. The molecule has 0 aliphatic rings. The average Bonchev–Trinajstić information content (AvgIpc) is 2.29. The van der Waals surface area contributed by atoms with Gasteiger partial charge in [-0.2, -0.15) is 5.48 Å². The predicted octanol–water partition coefficient (Wildman–Crippen LogP) is 2.68. The summed E-state index contributed by atoms with van der Waals surface area (Å²) >= 11 is 0. The molecule has 0 aliphatic heterocycles. The van der Waals surface area contributed by atoms with Gasteiger partial charge in [-0.3, -0.25) is 4.84 Å². The number of nitrogens with one attached hydrogen (secondary N) is 1. The number of aliphatic hydroxyl groups excluding tert-OH is 1. The minimum Gasteiger partial charge on any atom is -0.386 e. The Kier molecular flexibility index (Phi) is 6.19. The first kappa shape index (κ1) is 14.2. The summed E-state index contributed by atoms with van der Waals surface area (Å²) in [5.74, 6) is 0.639. The van der Waals surface area contributed by atoms with Gasteiger partial charge in [0.15, 0.2) is 0 Å². The first-order chi connectivity index (χ1) is 8.09. The lowest BCUT2D eigenvalue weighted by molar-refractivity contribution is -0.0359. The van der Waals surface area contributed by atoms with Crippen molar-refractivity contribution in [3.63, 3.8) is 0 Å². The third kappa shape index (κ3) is 5.82. The van der Waals surface area contributed by atoms with Crippen LogP contribution in [0.3, 0.4) is 0 Å². The smallest absolute Gasteiger partial charge is 0.104 e. The molecule has 0 spiro atoms. The lowest BCUT2D eigenvalue weighted by Gasteiger charge is -2.17. The second-order valence-electron chi connectivity index (χ2n) is 4.89. The van der Waals surface area contributed by atoms with Crippen LogP contribution in [0.25, 0.3) is 0 Å². The van der Waals surface area contributed by atoms with E-state index >= 15 is 0 Å². The Balaban J connectivity index is 2.23. The molecule has 0 bridgehead atoms. The van der Waals surface area contributed by atoms with E-state index in [1.807, 2.05) is 30.3 Å². The molecule has 0 unspecified atom stereocenters. The summed E-state index contributed by atoms with van der Waals surface area (Å²) in [4.78, 5) is 5.31. The minimum atomic E-state index is -0.574. The van der Waals surface area contributed by atoms with Gasteiger partial charge in [0.05, 0.1) is 6.61 Å². The molecule has 0 saturated heterocycles. The Morgan fingerprint density at radius 3 is 2.41 bits per heavy atom. The summed E-state index contributed by atoms with van der Waals surface area (Å²) in [5, 5.41) is 9.85. The lowest BCUT2D eigenvalue weighted by atomic mass is 10.1. The van der Waals surface area contributed by atoms with E-state index in [4.69, 9.17) is 4.84 Å². The third-order valence-electron chi connectivity index (χ3n) is 2.54. The highest BCUT2D eigenvalue weighted by atomic mass is 16.6. The van der Waals surface area contributed by atoms with Crippen molar-refractivity contribution in [3.05, 3.63) is 35.9 Å². The molecule has 1 rings (SSSR count). The van der Waals surface area contributed by atoms with Crippen molar-refractivity contribution in [2.45, 2.75) is 39.3 Å². The summed E-state index contributed by atoms with van der Waals surface area (Å²) in [7, 11) is 0. The van der Waals surface area contributed by atoms with Crippen molar-refractivity contribution < 1.29 is 9.94 Å². The van der Waals surface area contributed by atoms with Crippen LogP contribution in [0.15, 0.2) is 30.3 Å². The zero-order valence-electron chi connectivity index (χ0n) is 10.9. The number of hydrogen-bond donors (Lipinski definition) is 2. The van der Waals surface area contributed by atoms with E-state index in [9.17, 15) is 5.11 Å². The molecule has 0 aliphatic carbocycles. The van der Waals surface area contributed by atoms with E-state index in [1.165, 1.54) is 0 Å². The molecule has 96 valence electrons. The Hall–Kier alpha value is -0.900. The van der Waals surface area contributed by atoms with Crippen LogP contribution in [0.1, 0.15) is 38.9 Å². The second kappa shape index (κ2) is 7.43. The van der Waals surface area contributed by atoms with E-state index < -0.39 is 6.10 Å². The number of benzene rings is 1. The maximum atomic E-state index is 9.85. The largest absolute Gasteiger partial charge is 0.386 e. The van der Waals surface area contributed by atoms with Crippen LogP contribution in [0.4, 0.5) is 0 Å². The number of aliphatic hydroxyl groups is 1. The number of hydrogen-bond acceptors (Lipinski definition) is 3. The zero-order chi connectivity index (χ0) is 12.7. The van der Waals surface area contributed by atoms with Crippen LogP contribution in [-0.2, 0) is 4.84 Å². The molecule has 0 heterocycles. The Morgan fingerprint density at radius 1 is 1.18 bits per heavy atom. The zero-order valence-corrected chi connectivity index (χ0v) is 10.9. The minimum absolute atomic E-state index is 0.270. The highest BCUT2D eigenvalue weighted by Crippen LogP contribution is 2.12. The molecule has 0 aromatic heterocycles. The molecule has 0 radical (unpaired) electrons. The highest BCUT2D eigenvalue weighted by Gasteiger charge is 2.09. The van der Waals surface area contributed by atoms with Gasteiger partial charge in [0.2, 0.25) is 0 Å². The fraction of sp³-hybridized carbons (Fsp3) is 0.571. The van der Waals surface area contributed by atoms with Crippen LogP contribution < -0.4 is 5.48 Å². The summed E-state index contributed by atoms with van der Waals surface area (Å²) < 4.78 is 0. The van der Waals surface area contributed by atoms with Gasteiger partial charge in [0.1, 0.15) is 6.10 Å². The summed E-state index contributed by atoms with van der Waals surface area (Å²) in [6.07, 6.45) is 0.483. The summed E-state index contributed by atoms with van der Waals surface area (Å²) in [6.45, 7) is 6.70. The molecule has 2 atom stereocenters. The van der Waals surface area contributed by atoms with Crippen molar-refractivity contribution in [1.29, 1.82) is 0 Å². The maximum Gasteiger partial charge on any atom is 0.104 e. The third-order valence-corrected chi connectivity index (χ3v) is 2.54. The standard InChI is InChI=1S/C14H23NO2/c1-11(2)9-12(3)15-17-10-14(16)13-7-5-4-6-8-13/h4-8,11-12,14-16H,9-10H2,1-3H3/t12-,14+/m0/s1. The Bertz CT molecular complexity index is 300. The molecule has 0 fully saturated rings. The molecule has 3 nitrogen and oxygen atoms in total. The number of rotatable bonds is 7. The lowest BCUT2D eigenvalue weighted by Crippen LogP contribution is -2.29. The van der Waals surface area contributed by atoms with Crippen LogP contribution in [0, 0.1) is 5.92 Å². The molecular formula is C14H23NO2. The van der Waals surface area contributed by atoms with Gasteiger partial charge >= 0.3 is 0 Å². The molecule has 17 heavy (non-hydrogen) atoms. The predicted molar refractivity (Wildman–Crippen MR) is 69.4 cm³/mol. The van der Waals surface area contributed by atoms with Gasteiger partial charge in [0, 0.05) is 6.04 Å². The Labute approximate surface area is 104 Å².